The van der Waals surface area contributed by atoms with Crippen molar-refractivity contribution in [2.24, 2.45) is 5.10 Å². The SMILES string of the molecule is CCOc1cccc2cc(/C(C)=N\NC(=O)c3n[nH]c(=O)c4ccccc34)oc12. The van der Waals surface area contributed by atoms with Gasteiger partial charge in [0.15, 0.2) is 22.8 Å². The van der Waals surface area contributed by atoms with Crippen LogP contribution in [0, 0.1) is 0 Å². The summed E-state index contributed by atoms with van der Waals surface area (Å²) in [5.74, 6) is 0.617. The molecule has 146 valence electrons. The highest BCUT2D eigenvalue weighted by Crippen LogP contribution is 2.29. The molecular weight excluding hydrogens is 372 g/mol. The Bertz CT molecular complexity index is 1300. The number of fused-ring (bicyclic) bond motifs is 2. The third-order valence-electron chi connectivity index (χ3n) is 4.40. The van der Waals surface area contributed by atoms with Crippen LogP contribution in [0.3, 0.4) is 0 Å². The largest absolute Gasteiger partial charge is 0.490 e. The van der Waals surface area contributed by atoms with Crippen molar-refractivity contribution in [3.63, 3.8) is 0 Å². The fraction of sp³-hybridized carbons (Fsp3) is 0.143. The van der Waals surface area contributed by atoms with Gasteiger partial charge in [-0.2, -0.15) is 10.2 Å². The average molecular weight is 390 g/mol. The first-order chi connectivity index (χ1) is 14.1. The lowest BCUT2D eigenvalue weighted by molar-refractivity contribution is 0.0950. The van der Waals surface area contributed by atoms with Crippen molar-refractivity contribution in [2.75, 3.05) is 6.61 Å². The quantitative estimate of drug-likeness (QED) is 0.402. The number of H-pyrrole nitrogens is 1. The fourth-order valence-corrected chi connectivity index (χ4v) is 3.01. The Morgan fingerprint density at radius 3 is 2.79 bits per heavy atom. The van der Waals surface area contributed by atoms with E-state index in [1.165, 1.54) is 0 Å². The second-order valence-electron chi connectivity index (χ2n) is 6.30. The van der Waals surface area contributed by atoms with E-state index in [-0.39, 0.29) is 11.3 Å². The van der Waals surface area contributed by atoms with Crippen LogP contribution in [0.4, 0.5) is 0 Å². The molecule has 0 bridgehead atoms. The molecule has 4 rings (SSSR count). The summed E-state index contributed by atoms with van der Waals surface area (Å²) in [5.41, 5.74) is 3.29. The van der Waals surface area contributed by atoms with Crippen molar-refractivity contribution in [3.8, 4) is 5.75 Å². The normalized spacial score (nSPS) is 11.7. The van der Waals surface area contributed by atoms with Gasteiger partial charge in [-0.3, -0.25) is 9.59 Å². The molecular formula is C21H18N4O4. The van der Waals surface area contributed by atoms with Crippen LogP contribution in [0.2, 0.25) is 0 Å². The van der Waals surface area contributed by atoms with E-state index >= 15 is 0 Å². The van der Waals surface area contributed by atoms with Crippen molar-refractivity contribution >= 4 is 33.4 Å². The number of para-hydroxylation sites is 1. The predicted octanol–water partition coefficient (Wildman–Crippen LogP) is 3.22. The van der Waals surface area contributed by atoms with Crippen LogP contribution in [0.25, 0.3) is 21.7 Å². The van der Waals surface area contributed by atoms with E-state index in [4.69, 9.17) is 9.15 Å². The molecule has 2 N–H and O–H groups in total. The molecule has 0 unspecified atom stereocenters. The number of nitrogens with one attached hydrogen (secondary N) is 2. The number of carbonyl (C=O) groups excluding carboxylic acids is 1. The van der Waals surface area contributed by atoms with Gasteiger partial charge in [0.1, 0.15) is 5.71 Å². The monoisotopic (exact) mass is 390 g/mol. The zero-order valence-electron chi connectivity index (χ0n) is 15.9. The highest BCUT2D eigenvalue weighted by Gasteiger charge is 2.15. The van der Waals surface area contributed by atoms with E-state index < -0.39 is 5.91 Å². The second kappa shape index (κ2) is 7.59. The summed E-state index contributed by atoms with van der Waals surface area (Å²) in [5, 5.41) is 12.0. The lowest BCUT2D eigenvalue weighted by atomic mass is 10.1. The lowest BCUT2D eigenvalue weighted by Crippen LogP contribution is -2.23. The van der Waals surface area contributed by atoms with Crippen molar-refractivity contribution in [1.29, 1.82) is 0 Å². The van der Waals surface area contributed by atoms with E-state index in [2.05, 4.69) is 20.7 Å². The second-order valence-corrected chi connectivity index (χ2v) is 6.30. The molecule has 1 amide bonds. The van der Waals surface area contributed by atoms with Gasteiger partial charge in [0, 0.05) is 10.8 Å². The summed E-state index contributed by atoms with van der Waals surface area (Å²) < 4.78 is 11.4. The minimum absolute atomic E-state index is 0.0833. The highest BCUT2D eigenvalue weighted by atomic mass is 16.5. The standard InChI is InChI=1S/C21H18N4O4/c1-3-28-16-10-6-7-13-11-17(29-19(13)16)12(2)22-25-21(27)18-14-8-4-5-9-15(14)20(26)24-23-18/h4-11H,3H2,1-2H3,(H,24,26)(H,25,27)/b22-12-. The first kappa shape index (κ1) is 18.4. The van der Waals surface area contributed by atoms with Gasteiger partial charge >= 0.3 is 0 Å². The average Bonchev–Trinajstić information content (AvgIpc) is 3.18. The summed E-state index contributed by atoms with van der Waals surface area (Å²) >= 11 is 0. The van der Waals surface area contributed by atoms with Gasteiger partial charge in [-0.1, -0.05) is 30.3 Å². The Kier molecular flexibility index (Phi) is 4.82. The van der Waals surface area contributed by atoms with E-state index in [0.717, 1.165) is 5.39 Å². The van der Waals surface area contributed by atoms with Crippen molar-refractivity contribution in [1.82, 2.24) is 15.6 Å². The Hall–Kier alpha value is -3.94. The number of rotatable bonds is 5. The summed E-state index contributed by atoms with van der Waals surface area (Å²) in [6.07, 6.45) is 0. The number of aromatic nitrogens is 2. The van der Waals surface area contributed by atoms with E-state index in [0.29, 0.717) is 40.2 Å². The molecule has 0 aliphatic heterocycles. The summed E-state index contributed by atoms with van der Waals surface area (Å²) in [6.45, 7) is 4.15. The molecule has 0 aliphatic carbocycles. The molecule has 2 heterocycles. The number of nitrogens with zero attached hydrogens (tertiary/aromatic N) is 2. The van der Waals surface area contributed by atoms with Gasteiger partial charge in [-0.25, -0.2) is 10.5 Å². The number of carbonyl (C=O) groups is 1. The summed E-state index contributed by atoms with van der Waals surface area (Å²) in [4.78, 5) is 24.4. The number of furan rings is 1. The van der Waals surface area contributed by atoms with Crippen LogP contribution in [0.5, 0.6) is 5.75 Å². The number of hydrazone groups is 1. The van der Waals surface area contributed by atoms with Crippen LogP contribution in [0.1, 0.15) is 30.1 Å². The molecule has 8 heteroatoms. The molecule has 0 saturated carbocycles. The van der Waals surface area contributed by atoms with Gasteiger partial charge in [-0.15, -0.1) is 0 Å². The minimum atomic E-state index is -0.539. The zero-order chi connectivity index (χ0) is 20.4. The predicted molar refractivity (Wildman–Crippen MR) is 109 cm³/mol. The number of hydrogen-bond acceptors (Lipinski definition) is 6. The molecule has 0 radical (unpaired) electrons. The molecule has 29 heavy (non-hydrogen) atoms. The van der Waals surface area contributed by atoms with E-state index in [1.807, 2.05) is 31.2 Å². The lowest BCUT2D eigenvalue weighted by Gasteiger charge is -2.04. The molecule has 0 fully saturated rings. The van der Waals surface area contributed by atoms with Gasteiger partial charge in [0.05, 0.1) is 12.0 Å². The van der Waals surface area contributed by atoms with Crippen LogP contribution in [-0.2, 0) is 0 Å². The molecule has 2 aromatic carbocycles. The molecule has 0 aliphatic rings. The Labute approximate surface area is 165 Å². The molecule has 8 nitrogen and oxygen atoms in total. The van der Waals surface area contributed by atoms with Crippen LogP contribution < -0.4 is 15.7 Å². The van der Waals surface area contributed by atoms with Gasteiger partial charge in [0.25, 0.3) is 11.5 Å². The van der Waals surface area contributed by atoms with Crippen molar-refractivity contribution in [3.05, 3.63) is 70.3 Å². The number of ether oxygens (including phenoxy) is 1. The number of aromatic amines is 1. The van der Waals surface area contributed by atoms with Crippen LogP contribution in [-0.4, -0.2) is 28.4 Å². The molecule has 4 aromatic rings. The van der Waals surface area contributed by atoms with Gasteiger partial charge in [0.2, 0.25) is 0 Å². The molecule has 2 aromatic heterocycles. The highest BCUT2D eigenvalue weighted by molar-refractivity contribution is 6.06. The molecule has 0 atom stereocenters. The third-order valence-corrected chi connectivity index (χ3v) is 4.40. The van der Waals surface area contributed by atoms with Crippen molar-refractivity contribution < 1.29 is 13.9 Å². The topological polar surface area (TPSA) is 110 Å². The minimum Gasteiger partial charge on any atom is -0.490 e. The Morgan fingerprint density at radius 1 is 1.21 bits per heavy atom. The Morgan fingerprint density at radius 2 is 2.00 bits per heavy atom. The Balaban J connectivity index is 1.62. The maximum Gasteiger partial charge on any atom is 0.292 e. The van der Waals surface area contributed by atoms with Gasteiger partial charge < -0.3 is 9.15 Å². The maximum atomic E-state index is 12.6. The summed E-state index contributed by atoms with van der Waals surface area (Å²) in [6, 6.07) is 14.2. The molecule has 0 saturated heterocycles. The number of benzene rings is 2. The molecule has 0 spiro atoms. The van der Waals surface area contributed by atoms with Crippen LogP contribution in [0.15, 0.2) is 62.8 Å². The van der Waals surface area contributed by atoms with E-state index in [9.17, 15) is 9.59 Å². The first-order valence-corrected chi connectivity index (χ1v) is 9.06. The maximum absolute atomic E-state index is 12.6. The number of hydrogen-bond donors (Lipinski definition) is 2. The smallest absolute Gasteiger partial charge is 0.292 e. The third kappa shape index (κ3) is 3.47. The zero-order valence-corrected chi connectivity index (χ0v) is 15.9. The summed E-state index contributed by atoms with van der Waals surface area (Å²) in [7, 11) is 0. The van der Waals surface area contributed by atoms with Crippen LogP contribution >= 0.6 is 0 Å². The number of amides is 1. The van der Waals surface area contributed by atoms with Gasteiger partial charge in [-0.05, 0) is 32.0 Å². The fourth-order valence-electron chi connectivity index (χ4n) is 3.01. The first-order valence-electron chi connectivity index (χ1n) is 9.06. The van der Waals surface area contributed by atoms with Crippen molar-refractivity contribution in [2.45, 2.75) is 13.8 Å². The van der Waals surface area contributed by atoms with E-state index in [1.54, 1.807) is 31.2 Å².